The number of anilines is 1. The van der Waals surface area contributed by atoms with E-state index in [1.165, 1.54) is 6.07 Å². The predicted octanol–water partition coefficient (Wildman–Crippen LogP) is 3.95. The molecule has 3 rings (SSSR count). The van der Waals surface area contributed by atoms with Crippen LogP contribution in [0, 0.1) is 0 Å². The van der Waals surface area contributed by atoms with E-state index < -0.39 is 40.5 Å². The third-order valence-electron chi connectivity index (χ3n) is 4.14. The first kappa shape index (κ1) is 21.1. The van der Waals surface area contributed by atoms with E-state index in [1.54, 1.807) is 18.4 Å². The van der Waals surface area contributed by atoms with Crippen LogP contribution in [0.15, 0.2) is 39.2 Å². The van der Waals surface area contributed by atoms with Crippen molar-refractivity contribution in [2.24, 2.45) is 0 Å². The van der Waals surface area contributed by atoms with E-state index in [9.17, 15) is 27.6 Å². The van der Waals surface area contributed by atoms with Crippen LogP contribution in [0.25, 0.3) is 10.2 Å². The molecule has 29 heavy (non-hydrogen) atoms. The highest BCUT2D eigenvalue weighted by Crippen LogP contribution is 2.36. The first-order valence-electron chi connectivity index (χ1n) is 8.51. The van der Waals surface area contributed by atoms with E-state index in [2.05, 4.69) is 5.32 Å². The van der Waals surface area contributed by atoms with Crippen molar-refractivity contribution in [2.45, 2.75) is 32.6 Å². The molecule has 0 aliphatic heterocycles. The van der Waals surface area contributed by atoms with Crippen molar-refractivity contribution in [1.82, 2.24) is 9.13 Å². The second-order valence-corrected chi connectivity index (χ2v) is 7.52. The highest BCUT2D eigenvalue weighted by Gasteiger charge is 2.33. The van der Waals surface area contributed by atoms with Gasteiger partial charge in [0.2, 0.25) is 5.91 Å². The van der Waals surface area contributed by atoms with Crippen LogP contribution >= 0.6 is 22.9 Å². The average molecular weight is 446 g/mol. The van der Waals surface area contributed by atoms with E-state index in [0.29, 0.717) is 16.6 Å². The zero-order chi connectivity index (χ0) is 21.3. The molecule has 0 aliphatic carbocycles. The number of carbonyl (C=O) groups excluding carboxylic acids is 1. The van der Waals surface area contributed by atoms with Gasteiger partial charge in [0.05, 0.1) is 16.1 Å². The molecule has 0 radical (unpaired) electrons. The molecular weight excluding hydrogens is 431 g/mol. The molecule has 2 heterocycles. The summed E-state index contributed by atoms with van der Waals surface area (Å²) in [4.78, 5) is 37.6. The minimum atomic E-state index is -4.67. The molecule has 0 saturated heterocycles. The van der Waals surface area contributed by atoms with E-state index in [0.717, 1.165) is 32.6 Å². The molecular formula is C18H15ClF3N3O3S. The van der Waals surface area contributed by atoms with E-state index in [4.69, 9.17) is 11.6 Å². The number of fused-ring (bicyclic) bond motifs is 1. The zero-order valence-electron chi connectivity index (χ0n) is 15.0. The van der Waals surface area contributed by atoms with Gasteiger partial charge in [0, 0.05) is 12.2 Å². The second-order valence-electron chi connectivity index (χ2n) is 6.20. The number of carbonyl (C=O) groups is 1. The molecule has 0 bridgehead atoms. The Labute approximate surface area is 171 Å². The standard InChI is InChI=1S/C18H15ClF3N3O3S/c1-2-6-24-16(27)15-13(5-7-29-15)25(17(24)28)9-14(26)23-10-3-4-12(19)11(8-10)18(20,21)22/h3-5,7-8H,2,6,9H2,1H3,(H,23,26). The monoisotopic (exact) mass is 445 g/mol. The Bertz CT molecular complexity index is 1200. The van der Waals surface area contributed by atoms with Gasteiger partial charge in [-0.15, -0.1) is 11.3 Å². The quantitative estimate of drug-likeness (QED) is 0.646. The Hall–Kier alpha value is -2.59. The summed E-state index contributed by atoms with van der Waals surface area (Å²) in [7, 11) is 0. The molecule has 0 aliphatic rings. The highest BCUT2D eigenvalue weighted by atomic mass is 35.5. The van der Waals surface area contributed by atoms with Gasteiger partial charge in [0.25, 0.3) is 5.56 Å². The normalized spacial score (nSPS) is 11.8. The number of nitrogens with one attached hydrogen (secondary N) is 1. The lowest BCUT2D eigenvalue weighted by Crippen LogP contribution is -2.41. The summed E-state index contributed by atoms with van der Waals surface area (Å²) in [6.45, 7) is 1.54. The molecule has 6 nitrogen and oxygen atoms in total. The fourth-order valence-electron chi connectivity index (χ4n) is 2.87. The second kappa shape index (κ2) is 8.03. The Kier molecular flexibility index (Phi) is 5.85. The summed E-state index contributed by atoms with van der Waals surface area (Å²) in [5.41, 5.74) is -1.95. The summed E-state index contributed by atoms with van der Waals surface area (Å²) >= 11 is 6.72. The lowest BCUT2D eigenvalue weighted by Gasteiger charge is -2.13. The molecule has 154 valence electrons. The number of hydrogen-bond acceptors (Lipinski definition) is 4. The molecule has 2 aromatic heterocycles. The van der Waals surface area contributed by atoms with Crippen LogP contribution in [0.1, 0.15) is 18.9 Å². The zero-order valence-corrected chi connectivity index (χ0v) is 16.6. The molecule has 3 aromatic rings. The number of amides is 1. The molecule has 0 unspecified atom stereocenters. The minimum absolute atomic E-state index is 0.108. The van der Waals surface area contributed by atoms with Crippen LogP contribution in [0.5, 0.6) is 0 Å². The summed E-state index contributed by atoms with van der Waals surface area (Å²) in [5.74, 6) is -0.711. The van der Waals surface area contributed by atoms with Crippen molar-refractivity contribution in [3.8, 4) is 0 Å². The maximum absolute atomic E-state index is 13.0. The van der Waals surface area contributed by atoms with Crippen molar-refractivity contribution >= 4 is 44.7 Å². The van der Waals surface area contributed by atoms with Crippen LogP contribution in [0.2, 0.25) is 5.02 Å². The number of halogens is 4. The molecule has 0 fully saturated rings. The van der Waals surface area contributed by atoms with Crippen LogP contribution < -0.4 is 16.6 Å². The van der Waals surface area contributed by atoms with Gasteiger partial charge in [-0.25, -0.2) is 4.79 Å². The first-order valence-corrected chi connectivity index (χ1v) is 9.76. The summed E-state index contributed by atoms with van der Waals surface area (Å²) in [6.07, 6.45) is -4.13. The minimum Gasteiger partial charge on any atom is -0.325 e. The Morgan fingerprint density at radius 3 is 2.59 bits per heavy atom. The predicted molar refractivity (Wildman–Crippen MR) is 106 cm³/mol. The van der Waals surface area contributed by atoms with Gasteiger partial charge >= 0.3 is 11.9 Å². The van der Waals surface area contributed by atoms with Crippen LogP contribution in [-0.2, 0) is 24.1 Å². The third-order valence-corrected chi connectivity index (χ3v) is 5.36. The Balaban J connectivity index is 1.94. The number of aromatic nitrogens is 2. The van der Waals surface area contributed by atoms with Crippen LogP contribution in [0.4, 0.5) is 18.9 Å². The van der Waals surface area contributed by atoms with E-state index in [1.807, 2.05) is 0 Å². The number of nitrogens with zero attached hydrogens (tertiary/aromatic N) is 2. The fraction of sp³-hybridized carbons (Fsp3) is 0.278. The summed E-state index contributed by atoms with van der Waals surface area (Å²) in [5, 5.41) is 3.48. The van der Waals surface area contributed by atoms with Gasteiger partial charge in [-0.2, -0.15) is 13.2 Å². The first-order chi connectivity index (χ1) is 13.6. The smallest absolute Gasteiger partial charge is 0.325 e. The van der Waals surface area contributed by atoms with E-state index in [-0.39, 0.29) is 12.2 Å². The molecule has 1 N–H and O–H groups in total. The fourth-order valence-corrected chi connectivity index (χ4v) is 3.94. The van der Waals surface area contributed by atoms with Crippen molar-refractivity contribution in [3.63, 3.8) is 0 Å². The summed E-state index contributed by atoms with van der Waals surface area (Å²) < 4.78 is 41.5. The van der Waals surface area contributed by atoms with Crippen molar-refractivity contribution in [2.75, 3.05) is 5.32 Å². The van der Waals surface area contributed by atoms with Gasteiger partial charge in [-0.3, -0.25) is 18.7 Å². The highest BCUT2D eigenvalue weighted by molar-refractivity contribution is 7.17. The number of rotatable bonds is 5. The lowest BCUT2D eigenvalue weighted by molar-refractivity contribution is -0.137. The molecule has 1 amide bonds. The van der Waals surface area contributed by atoms with Gasteiger partial charge in [0.1, 0.15) is 11.2 Å². The number of hydrogen-bond donors (Lipinski definition) is 1. The van der Waals surface area contributed by atoms with Gasteiger partial charge in [-0.05, 0) is 36.1 Å². The average Bonchev–Trinajstić information content (AvgIpc) is 3.13. The molecule has 1 aromatic carbocycles. The topological polar surface area (TPSA) is 73.1 Å². The van der Waals surface area contributed by atoms with Crippen molar-refractivity contribution < 1.29 is 18.0 Å². The lowest BCUT2D eigenvalue weighted by atomic mass is 10.2. The third kappa shape index (κ3) is 4.23. The largest absolute Gasteiger partial charge is 0.417 e. The maximum atomic E-state index is 13.0. The Morgan fingerprint density at radius 1 is 1.21 bits per heavy atom. The van der Waals surface area contributed by atoms with Gasteiger partial charge in [0.15, 0.2) is 0 Å². The Morgan fingerprint density at radius 2 is 1.93 bits per heavy atom. The van der Waals surface area contributed by atoms with Crippen LogP contribution in [0.3, 0.4) is 0 Å². The van der Waals surface area contributed by atoms with E-state index >= 15 is 0 Å². The molecule has 0 atom stereocenters. The maximum Gasteiger partial charge on any atom is 0.417 e. The van der Waals surface area contributed by atoms with Gasteiger partial charge in [-0.1, -0.05) is 18.5 Å². The van der Waals surface area contributed by atoms with Crippen molar-refractivity contribution in [1.29, 1.82) is 0 Å². The number of alkyl halides is 3. The number of thiophene rings is 1. The molecule has 0 spiro atoms. The molecule has 11 heteroatoms. The number of benzene rings is 1. The SMILES string of the molecule is CCCn1c(=O)c2sccc2n(CC(=O)Nc2ccc(Cl)c(C(F)(F)F)c2)c1=O. The summed E-state index contributed by atoms with van der Waals surface area (Å²) in [6, 6.07) is 4.54. The van der Waals surface area contributed by atoms with Crippen LogP contribution in [-0.4, -0.2) is 15.0 Å². The van der Waals surface area contributed by atoms with Crippen molar-refractivity contribution in [3.05, 3.63) is 61.1 Å². The molecule has 0 saturated carbocycles. The van der Waals surface area contributed by atoms with Gasteiger partial charge < -0.3 is 5.32 Å².